The fourth-order valence-corrected chi connectivity index (χ4v) is 3.48. The Hall–Kier alpha value is -2.52. The van der Waals surface area contributed by atoms with Gasteiger partial charge in [0.25, 0.3) is 5.91 Å². The highest BCUT2D eigenvalue weighted by Gasteiger charge is 2.23. The standard InChI is InChI=1S/C21H18ClNO2/c22-19-9-8-16(15-5-2-1-3-6-15)13-18(19)21(24)23-11-4-7-20-17(14-23)10-12-25-20/h1-3,5-6,8-10,12-13H,4,7,11,14H2. The Morgan fingerprint density at radius 2 is 1.88 bits per heavy atom. The maximum absolute atomic E-state index is 13.1. The number of carbonyl (C=O) groups is 1. The Bertz CT molecular complexity index is 901. The van der Waals surface area contributed by atoms with Gasteiger partial charge in [0.15, 0.2) is 0 Å². The van der Waals surface area contributed by atoms with E-state index in [9.17, 15) is 4.79 Å². The summed E-state index contributed by atoms with van der Waals surface area (Å²) in [6.07, 6.45) is 3.45. The van der Waals surface area contributed by atoms with E-state index in [0.717, 1.165) is 35.3 Å². The first-order chi connectivity index (χ1) is 12.2. The monoisotopic (exact) mass is 351 g/mol. The van der Waals surface area contributed by atoms with E-state index in [0.29, 0.717) is 23.7 Å². The average Bonchev–Trinajstić information content (AvgIpc) is 2.99. The number of amides is 1. The van der Waals surface area contributed by atoms with Crippen LogP contribution in [0.4, 0.5) is 0 Å². The second-order valence-corrected chi connectivity index (χ2v) is 6.67. The summed E-state index contributed by atoms with van der Waals surface area (Å²) in [5.74, 6) is 0.955. The van der Waals surface area contributed by atoms with Crippen LogP contribution in [0.5, 0.6) is 0 Å². The Labute approximate surface area is 151 Å². The molecule has 0 spiro atoms. The van der Waals surface area contributed by atoms with Gasteiger partial charge in [-0.2, -0.15) is 0 Å². The van der Waals surface area contributed by atoms with Gasteiger partial charge in [-0.15, -0.1) is 0 Å². The van der Waals surface area contributed by atoms with Crippen LogP contribution in [0.1, 0.15) is 28.1 Å². The molecule has 0 saturated heterocycles. The predicted octanol–water partition coefficient (Wildman–Crippen LogP) is 5.19. The van der Waals surface area contributed by atoms with Gasteiger partial charge in [0.1, 0.15) is 5.76 Å². The molecule has 0 atom stereocenters. The van der Waals surface area contributed by atoms with Crippen LogP contribution < -0.4 is 0 Å². The quantitative estimate of drug-likeness (QED) is 0.636. The lowest BCUT2D eigenvalue weighted by molar-refractivity contribution is 0.0746. The molecule has 1 aromatic heterocycles. The first-order valence-corrected chi connectivity index (χ1v) is 8.79. The normalized spacial score (nSPS) is 14.0. The van der Waals surface area contributed by atoms with Crippen molar-refractivity contribution in [3.63, 3.8) is 0 Å². The van der Waals surface area contributed by atoms with Gasteiger partial charge in [0, 0.05) is 25.1 Å². The molecule has 1 aliphatic heterocycles. The van der Waals surface area contributed by atoms with Crippen molar-refractivity contribution in [3.05, 3.63) is 82.8 Å². The fraction of sp³-hybridized carbons (Fsp3) is 0.190. The molecule has 0 aliphatic carbocycles. The summed E-state index contributed by atoms with van der Waals surface area (Å²) in [4.78, 5) is 15.0. The summed E-state index contributed by atoms with van der Waals surface area (Å²) in [7, 11) is 0. The van der Waals surface area contributed by atoms with E-state index in [1.165, 1.54) is 0 Å². The molecule has 1 amide bonds. The van der Waals surface area contributed by atoms with Crippen molar-refractivity contribution in [3.8, 4) is 11.1 Å². The molecule has 126 valence electrons. The minimum Gasteiger partial charge on any atom is -0.469 e. The molecule has 2 aromatic carbocycles. The van der Waals surface area contributed by atoms with Crippen molar-refractivity contribution in [1.29, 1.82) is 0 Å². The number of carbonyl (C=O) groups excluding carboxylic acids is 1. The zero-order valence-electron chi connectivity index (χ0n) is 13.7. The molecule has 25 heavy (non-hydrogen) atoms. The van der Waals surface area contributed by atoms with Crippen LogP contribution in [0, 0.1) is 0 Å². The summed E-state index contributed by atoms with van der Waals surface area (Å²) >= 11 is 6.35. The second-order valence-electron chi connectivity index (χ2n) is 6.26. The molecule has 0 radical (unpaired) electrons. The smallest absolute Gasteiger partial charge is 0.255 e. The number of halogens is 1. The lowest BCUT2D eigenvalue weighted by Gasteiger charge is -2.21. The third-order valence-electron chi connectivity index (χ3n) is 4.62. The first kappa shape index (κ1) is 16.0. The molecular weight excluding hydrogens is 334 g/mol. The zero-order valence-corrected chi connectivity index (χ0v) is 14.5. The Balaban J connectivity index is 1.66. The Morgan fingerprint density at radius 1 is 1.04 bits per heavy atom. The zero-order chi connectivity index (χ0) is 17.2. The molecule has 0 N–H and O–H groups in total. The summed E-state index contributed by atoms with van der Waals surface area (Å²) in [5, 5.41) is 0.487. The lowest BCUT2D eigenvalue weighted by Crippen LogP contribution is -2.30. The molecule has 3 aromatic rings. The summed E-state index contributed by atoms with van der Waals surface area (Å²) in [6.45, 7) is 1.27. The number of furan rings is 1. The van der Waals surface area contributed by atoms with Crippen molar-refractivity contribution in [2.24, 2.45) is 0 Å². The van der Waals surface area contributed by atoms with Crippen molar-refractivity contribution in [1.82, 2.24) is 4.90 Å². The van der Waals surface area contributed by atoms with E-state index in [1.807, 2.05) is 53.4 Å². The SMILES string of the molecule is O=C(c1cc(-c2ccccc2)ccc1Cl)N1CCCc2occc2C1. The summed E-state index contributed by atoms with van der Waals surface area (Å²) < 4.78 is 5.51. The van der Waals surface area contributed by atoms with E-state index in [4.69, 9.17) is 16.0 Å². The van der Waals surface area contributed by atoms with Gasteiger partial charge in [0.05, 0.1) is 16.8 Å². The van der Waals surface area contributed by atoms with Crippen LogP contribution in [0.2, 0.25) is 5.02 Å². The van der Waals surface area contributed by atoms with E-state index >= 15 is 0 Å². The van der Waals surface area contributed by atoms with Gasteiger partial charge in [0.2, 0.25) is 0 Å². The van der Waals surface area contributed by atoms with Gasteiger partial charge in [-0.3, -0.25) is 4.79 Å². The fourth-order valence-electron chi connectivity index (χ4n) is 3.29. The van der Waals surface area contributed by atoms with Crippen molar-refractivity contribution < 1.29 is 9.21 Å². The molecule has 0 bridgehead atoms. The molecule has 4 rings (SSSR count). The average molecular weight is 352 g/mol. The second kappa shape index (κ2) is 6.77. The lowest BCUT2D eigenvalue weighted by atomic mass is 10.0. The minimum atomic E-state index is -0.0307. The van der Waals surface area contributed by atoms with E-state index in [-0.39, 0.29) is 5.91 Å². The number of nitrogens with zero attached hydrogens (tertiary/aromatic N) is 1. The molecule has 0 saturated carbocycles. The molecule has 4 heteroatoms. The Kier molecular flexibility index (Phi) is 4.33. The van der Waals surface area contributed by atoms with Crippen molar-refractivity contribution in [2.75, 3.05) is 6.54 Å². The van der Waals surface area contributed by atoms with Gasteiger partial charge < -0.3 is 9.32 Å². The molecular formula is C21H18ClNO2. The summed E-state index contributed by atoms with van der Waals surface area (Å²) in [5.41, 5.74) is 3.70. The molecule has 2 heterocycles. The van der Waals surface area contributed by atoms with E-state index in [1.54, 1.807) is 12.3 Å². The largest absolute Gasteiger partial charge is 0.469 e. The van der Waals surface area contributed by atoms with Gasteiger partial charge in [-0.05, 0) is 35.7 Å². The Morgan fingerprint density at radius 3 is 2.72 bits per heavy atom. The summed E-state index contributed by atoms with van der Waals surface area (Å²) in [6, 6.07) is 17.6. The molecule has 1 aliphatic rings. The maximum atomic E-state index is 13.1. The van der Waals surface area contributed by atoms with Crippen LogP contribution in [-0.4, -0.2) is 17.4 Å². The van der Waals surface area contributed by atoms with Gasteiger partial charge >= 0.3 is 0 Å². The number of hydrogen-bond donors (Lipinski definition) is 0. The first-order valence-electron chi connectivity index (χ1n) is 8.42. The van der Waals surface area contributed by atoms with Gasteiger partial charge in [-0.1, -0.05) is 48.0 Å². The van der Waals surface area contributed by atoms with Crippen LogP contribution in [-0.2, 0) is 13.0 Å². The highest BCUT2D eigenvalue weighted by Crippen LogP contribution is 2.28. The topological polar surface area (TPSA) is 33.5 Å². The van der Waals surface area contributed by atoms with Crippen molar-refractivity contribution in [2.45, 2.75) is 19.4 Å². The number of fused-ring (bicyclic) bond motifs is 1. The molecule has 0 unspecified atom stereocenters. The van der Waals surface area contributed by atoms with Gasteiger partial charge in [-0.25, -0.2) is 0 Å². The van der Waals surface area contributed by atoms with Crippen LogP contribution in [0.3, 0.4) is 0 Å². The van der Waals surface area contributed by atoms with Crippen molar-refractivity contribution >= 4 is 17.5 Å². The molecule has 0 fully saturated rings. The maximum Gasteiger partial charge on any atom is 0.255 e. The van der Waals surface area contributed by atoms with Crippen LogP contribution >= 0.6 is 11.6 Å². The number of aryl methyl sites for hydroxylation is 1. The highest BCUT2D eigenvalue weighted by molar-refractivity contribution is 6.34. The van der Waals surface area contributed by atoms with Crippen LogP contribution in [0.15, 0.2) is 65.3 Å². The third-order valence-corrected chi connectivity index (χ3v) is 4.95. The number of benzene rings is 2. The third kappa shape index (κ3) is 3.20. The number of rotatable bonds is 2. The highest BCUT2D eigenvalue weighted by atomic mass is 35.5. The minimum absolute atomic E-state index is 0.0307. The predicted molar refractivity (Wildman–Crippen MR) is 98.7 cm³/mol. The van der Waals surface area contributed by atoms with E-state index < -0.39 is 0 Å². The van der Waals surface area contributed by atoms with E-state index in [2.05, 4.69) is 0 Å². The van der Waals surface area contributed by atoms with Crippen LogP contribution in [0.25, 0.3) is 11.1 Å². The molecule has 3 nitrogen and oxygen atoms in total. The number of hydrogen-bond acceptors (Lipinski definition) is 2.